The van der Waals surface area contributed by atoms with Crippen LogP contribution in [0.5, 0.6) is 5.75 Å². The van der Waals surface area contributed by atoms with E-state index in [2.05, 4.69) is 30.9 Å². The summed E-state index contributed by atoms with van der Waals surface area (Å²) in [7, 11) is 1.59. The molecule has 0 fully saturated rings. The SMILES string of the molecule is COc1ccc(Br)c(-c2cc(-c3cnc(N)s3)nc(C(=N)C=N)n2)c1. The molecule has 3 rings (SSSR count). The van der Waals surface area contributed by atoms with Crippen LogP contribution in [-0.2, 0) is 0 Å². The zero-order valence-electron chi connectivity index (χ0n) is 13.1. The van der Waals surface area contributed by atoms with Crippen molar-refractivity contribution in [2.45, 2.75) is 0 Å². The van der Waals surface area contributed by atoms with E-state index in [0.717, 1.165) is 21.1 Å². The average molecular weight is 417 g/mol. The number of halogens is 1. The van der Waals surface area contributed by atoms with Gasteiger partial charge in [0.2, 0.25) is 0 Å². The topological polar surface area (TPSA) is 122 Å². The van der Waals surface area contributed by atoms with Crippen molar-refractivity contribution in [1.29, 1.82) is 10.8 Å². The molecule has 0 amide bonds. The van der Waals surface area contributed by atoms with Crippen molar-refractivity contribution < 1.29 is 4.74 Å². The van der Waals surface area contributed by atoms with Crippen LogP contribution in [0.2, 0.25) is 0 Å². The third-order valence-corrected chi connectivity index (χ3v) is 4.88. The summed E-state index contributed by atoms with van der Waals surface area (Å²) >= 11 is 4.81. The van der Waals surface area contributed by atoms with Gasteiger partial charge < -0.3 is 15.9 Å². The van der Waals surface area contributed by atoms with Gasteiger partial charge in [-0.2, -0.15) is 0 Å². The highest BCUT2D eigenvalue weighted by Crippen LogP contribution is 2.34. The lowest BCUT2D eigenvalue weighted by atomic mass is 10.1. The summed E-state index contributed by atoms with van der Waals surface area (Å²) in [6.45, 7) is 0. The number of nitrogens with two attached hydrogens (primary N) is 1. The van der Waals surface area contributed by atoms with Gasteiger partial charge >= 0.3 is 0 Å². The van der Waals surface area contributed by atoms with Crippen LogP contribution in [0.25, 0.3) is 21.8 Å². The van der Waals surface area contributed by atoms with Gasteiger partial charge in [-0.1, -0.05) is 27.3 Å². The van der Waals surface area contributed by atoms with Crippen molar-refractivity contribution in [3.8, 4) is 27.6 Å². The van der Waals surface area contributed by atoms with Crippen molar-refractivity contribution in [3.63, 3.8) is 0 Å². The Morgan fingerprint density at radius 2 is 2.04 bits per heavy atom. The molecular weight excluding hydrogens is 404 g/mol. The number of hydrogen-bond donors (Lipinski definition) is 3. The molecule has 1 aromatic carbocycles. The molecule has 0 aliphatic heterocycles. The molecule has 2 heterocycles. The number of benzene rings is 1. The number of aromatic nitrogens is 3. The number of ether oxygens (including phenoxy) is 1. The summed E-state index contributed by atoms with van der Waals surface area (Å²) in [6, 6.07) is 7.34. The highest BCUT2D eigenvalue weighted by Gasteiger charge is 2.15. The second-order valence-corrected chi connectivity index (χ2v) is 6.85. The highest BCUT2D eigenvalue weighted by atomic mass is 79.9. The third kappa shape index (κ3) is 3.57. The number of nitrogens with one attached hydrogen (secondary N) is 2. The number of thiazole rings is 1. The molecule has 3 aromatic rings. The van der Waals surface area contributed by atoms with E-state index in [4.69, 9.17) is 21.3 Å². The first kappa shape index (κ1) is 17.2. The maximum atomic E-state index is 7.89. The molecule has 25 heavy (non-hydrogen) atoms. The van der Waals surface area contributed by atoms with Crippen molar-refractivity contribution in [2.24, 2.45) is 0 Å². The number of nitrogens with zero attached hydrogens (tertiary/aromatic N) is 3. The van der Waals surface area contributed by atoms with Gasteiger partial charge in [-0.05, 0) is 24.3 Å². The molecule has 0 saturated heterocycles. The molecule has 2 aromatic heterocycles. The zero-order valence-corrected chi connectivity index (χ0v) is 15.5. The Hall–Kier alpha value is -2.65. The molecule has 0 aliphatic rings. The van der Waals surface area contributed by atoms with E-state index < -0.39 is 0 Å². The first-order valence-electron chi connectivity index (χ1n) is 7.06. The predicted molar refractivity (Wildman–Crippen MR) is 103 cm³/mol. The van der Waals surface area contributed by atoms with Crippen molar-refractivity contribution >= 4 is 44.3 Å². The van der Waals surface area contributed by atoms with Gasteiger partial charge in [0.15, 0.2) is 11.0 Å². The summed E-state index contributed by atoms with van der Waals surface area (Å²) < 4.78 is 6.11. The standard InChI is InChI=1S/C16H13BrN6OS/c1-24-8-2-3-10(17)9(4-8)12-5-13(14-7-21-16(20)25-14)23-15(22-12)11(19)6-18/h2-7,18-19H,1H3,(H2,20,21). The van der Waals surface area contributed by atoms with E-state index in [9.17, 15) is 0 Å². The number of anilines is 1. The molecule has 0 spiro atoms. The molecule has 4 N–H and O–H groups in total. The van der Waals surface area contributed by atoms with Crippen LogP contribution in [0.4, 0.5) is 5.13 Å². The molecule has 7 nitrogen and oxygen atoms in total. The van der Waals surface area contributed by atoms with Crippen LogP contribution in [-0.4, -0.2) is 34.0 Å². The van der Waals surface area contributed by atoms with Crippen LogP contribution in [0.3, 0.4) is 0 Å². The normalized spacial score (nSPS) is 10.5. The van der Waals surface area contributed by atoms with Crippen LogP contribution < -0.4 is 10.5 Å². The highest BCUT2D eigenvalue weighted by molar-refractivity contribution is 9.10. The monoisotopic (exact) mass is 416 g/mol. The number of hydrogen-bond acceptors (Lipinski definition) is 8. The Morgan fingerprint density at radius 1 is 1.28 bits per heavy atom. The van der Waals surface area contributed by atoms with Crippen LogP contribution in [0.1, 0.15) is 5.82 Å². The van der Waals surface area contributed by atoms with Gasteiger partial charge in [-0.25, -0.2) is 15.0 Å². The van der Waals surface area contributed by atoms with Gasteiger partial charge in [-0.15, -0.1) is 0 Å². The number of methoxy groups -OCH3 is 1. The van der Waals surface area contributed by atoms with E-state index in [-0.39, 0.29) is 11.5 Å². The van der Waals surface area contributed by atoms with E-state index in [1.807, 2.05) is 18.2 Å². The number of rotatable bonds is 5. The Bertz CT molecular complexity index is 971. The van der Waals surface area contributed by atoms with Gasteiger partial charge in [0.1, 0.15) is 11.5 Å². The van der Waals surface area contributed by atoms with Crippen LogP contribution in [0, 0.1) is 10.8 Å². The van der Waals surface area contributed by atoms with Gasteiger partial charge in [0.05, 0.1) is 23.4 Å². The predicted octanol–water partition coefficient (Wildman–Crippen LogP) is 3.64. The minimum atomic E-state index is -0.0837. The van der Waals surface area contributed by atoms with E-state index >= 15 is 0 Å². The first-order chi connectivity index (χ1) is 12.0. The van der Waals surface area contributed by atoms with Gasteiger partial charge in [-0.3, -0.25) is 5.41 Å². The fraction of sp³-hybridized carbons (Fsp3) is 0.0625. The van der Waals surface area contributed by atoms with Gasteiger partial charge in [0.25, 0.3) is 0 Å². The van der Waals surface area contributed by atoms with E-state index in [0.29, 0.717) is 22.3 Å². The summed E-state index contributed by atoms with van der Waals surface area (Å²) in [5, 5.41) is 15.6. The molecule has 0 radical (unpaired) electrons. The van der Waals surface area contributed by atoms with Crippen LogP contribution in [0.15, 0.2) is 34.9 Å². The Kier molecular flexibility index (Phi) is 4.86. The Balaban J connectivity index is 2.22. The zero-order chi connectivity index (χ0) is 18.0. The lowest BCUT2D eigenvalue weighted by Gasteiger charge is -2.10. The quantitative estimate of drug-likeness (QED) is 0.547. The molecular formula is C16H13BrN6OS. The summed E-state index contributed by atoms with van der Waals surface area (Å²) in [5.74, 6) is 0.841. The second-order valence-electron chi connectivity index (χ2n) is 4.93. The summed E-state index contributed by atoms with van der Waals surface area (Å²) in [6.07, 6.45) is 2.54. The van der Waals surface area contributed by atoms with Crippen molar-refractivity contribution in [1.82, 2.24) is 15.0 Å². The minimum absolute atomic E-state index is 0.0837. The van der Waals surface area contributed by atoms with Gasteiger partial charge in [0, 0.05) is 22.4 Å². The Morgan fingerprint density at radius 3 is 2.68 bits per heavy atom. The smallest absolute Gasteiger partial charge is 0.180 e. The second kappa shape index (κ2) is 7.08. The molecule has 9 heteroatoms. The van der Waals surface area contributed by atoms with Crippen LogP contribution >= 0.6 is 27.3 Å². The minimum Gasteiger partial charge on any atom is -0.497 e. The third-order valence-electron chi connectivity index (χ3n) is 3.34. The number of nitrogen functional groups attached to an aromatic ring is 1. The van der Waals surface area contributed by atoms with E-state index in [1.165, 1.54) is 11.3 Å². The fourth-order valence-electron chi connectivity index (χ4n) is 2.13. The molecule has 0 aliphatic carbocycles. The summed E-state index contributed by atoms with van der Waals surface area (Å²) in [4.78, 5) is 13.6. The molecule has 0 unspecified atom stereocenters. The Labute approximate surface area is 156 Å². The molecule has 0 saturated carbocycles. The lowest BCUT2D eigenvalue weighted by Crippen LogP contribution is -2.08. The lowest BCUT2D eigenvalue weighted by molar-refractivity contribution is 0.415. The molecule has 0 bridgehead atoms. The van der Waals surface area contributed by atoms with E-state index in [1.54, 1.807) is 19.4 Å². The van der Waals surface area contributed by atoms with Crippen molar-refractivity contribution in [2.75, 3.05) is 12.8 Å². The largest absolute Gasteiger partial charge is 0.497 e. The maximum absolute atomic E-state index is 7.89. The molecule has 0 atom stereocenters. The summed E-state index contributed by atoms with van der Waals surface area (Å²) in [5.41, 5.74) is 7.61. The average Bonchev–Trinajstić information content (AvgIpc) is 3.07. The molecule has 126 valence electrons. The van der Waals surface area contributed by atoms with Crippen molar-refractivity contribution in [3.05, 3.63) is 40.8 Å². The maximum Gasteiger partial charge on any atom is 0.180 e. The first-order valence-corrected chi connectivity index (χ1v) is 8.67. The fourth-order valence-corrected chi connectivity index (χ4v) is 3.23.